The van der Waals surface area contributed by atoms with Crippen LogP contribution in [0.1, 0.15) is 34.5 Å². The van der Waals surface area contributed by atoms with Crippen LogP contribution in [0.15, 0.2) is 39.9 Å². The summed E-state index contributed by atoms with van der Waals surface area (Å²) in [6.07, 6.45) is 0.924. The molecule has 0 saturated heterocycles. The van der Waals surface area contributed by atoms with Gasteiger partial charge in [0.25, 0.3) is 5.91 Å². The third-order valence-electron chi connectivity index (χ3n) is 3.91. The van der Waals surface area contributed by atoms with E-state index in [0.29, 0.717) is 11.5 Å². The molecule has 22 heavy (non-hydrogen) atoms. The third-order valence-corrected chi connectivity index (χ3v) is 6.29. The summed E-state index contributed by atoms with van der Waals surface area (Å²) in [5.74, 6) is 0.0254. The summed E-state index contributed by atoms with van der Waals surface area (Å²) in [6.45, 7) is 2.09. The Morgan fingerprint density at radius 2 is 2.09 bits per heavy atom. The number of nitrogens with two attached hydrogens (primary N) is 1. The molecular formula is C15H16N2O3S2. The van der Waals surface area contributed by atoms with Crippen molar-refractivity contribution in [3.05, 3.63) is 52.4 Å². The van der Waals surface area contributed by atoms with Gasteiger partial charge < -0.3 is 5.32 Å². The van der Waals surface area contributed by atoms with Gasteiger partial charge in [0.15, 0.2) is 0 Å². The molecule has 0 radical (unpaired) electrons. The highest BCUT2D eigenvalue weighted by atomic mass is 32.2. The maximum atomic E-state index is 12.4. The summed E-state index contributed by atoms with van der Waals surface area (Å²) < 4.78 is 22.6. The van der Waals surface area contributed by atoms with Gasteiger partial charge in [0.2, 0.25) is 10.0 Å². The van der Waals surface area contributed by atoms with E-state index in [-0.39, 0.29) is 16.2 Å². The van der Waals surface area contributed by atoms with Crippen molar-refractivity contribution in [3.8, 4) is 0 Å². The van der Waals surface area contributed by atoms with Crippen LogP contribution in [0.25, 0.3) is 0 Å². The number of benzene rings is 1. The fourth-order valence-corrected chi connectivity index (χ4v) is 4.41. The average Bonchev–Trinajstić information content (AvgIpc) is 3.04. The number of amides is 1. The molecule has 5 nitrogen and oxygen atoms in total. The Morgan fingerprint density at radius 1 is 1.36 bits per heavy atom. The Kier molecular flexibility index (Phi) is 3.80. The molecule has 3 N–H and O–H groups in total. The molecule has 0 aliphatic heterocycles. The first-order valence-corrected chi connectivity index (χ1v) is 9.29. The number of thiophene rings is 1. The maximum Gasteiger partial charge on any atom is 0.252 e. The first kappa shape index (κ1) is 15.2. The van der Waals surface area contributed by atoms with Crippen LogP contribution in [0, 0.1) is 5.92 Å². The Balaban J connectivity index is 1.82. The van der Waals surface area contributed by atoms with Crippen molar-refractivity contribution in [3.63, 3.8) is 0 Å². The molecule has 0 fully saturated rings. The number of hydrogen-bond acceptors (Lipinski definition) is 4. The lowest BCUT2D eigenvalue weighted by atomic mass is 10.0. The molecule has 2 atom stereocenters. The van der Waals surface area contributed by atoms with E-state index in [9.17, 15) is 13.2 Å². The maximum absolute atomic E-state index is 12.4. The summed E-state index contributed by atoms with van der Waals surface area (Å²) in [7, 11) is -3.76. The van der Waals surface area contributed by atoms with Crippen molar-refractivity contribution < 1.29 is 13.2 Å². The zero-order valence-electron chi connectivity index (χ0n) is 11.9. The smallest absolute Gasteiger partial charge is 0.252 e. The number of sulfonamides is 1. The lowest BCUT2D eigenvalue weighted by Crippen LogP contribution is -2.30. The van der Waals surface area contributed by atoms with Gasteiger partial charge in [-0.05, 0) is 29.5 Å². The zero-order chi connectivity index (χ0) is 15.9. The number of fused-ring (bicyclic) bond motifs is 1. The molecule has 0 spiro atoms. The van der Waals surface area contributed by atoms with E-state index in [1.807, 2.05) is 18.2 Å². The number of primary sulfonamides is 1. The SMILES string of the molecule is C[C@H]1Cc2ccccc2[C@@H]1NC(=O)c1csc(S(N)(=O)=O)c1. The van der Waals surface area contributed by atoms with Gasteiger partial charge in [0.1, 0.15) is 4.21 Å². The quantitative estimate of drug-likeness (QED) is 0.899. The van der Waals surface area contributed by atoms with Crippen molar-refractivity contribution in [1.82, 2.24) is 5.32 Å². The van der Waals surface area contributed by atoms with Gasteiger partial charge in [-0.3, -0.25) is 4.79 Å². The minimum absolute atomic E-state index is 0.00230. The van der Waals surface area contributed by atoms with Gasteiger partial charge >= 0.3 is 0 Å². The van der Waals surface area contributed by atoms with Crippen LogP contribution in [0.2, 0.25) is 0 Å². The number of hydrogen-bond donors (Lipinski definition) is 2. The van der Waals surface area contributed by atoms with E-state index in [1.54, 1.807) is 0 Å². The van der Waals surface area contributed by atoms with Gasteiger partial charge in [-0.15, -0.1) is 11.3 Å². The number of rotatable bonds is 3. The summed E-state index contributed by atoms with van der Waals surface area (Å²) in [4.78, 5) is 12.4. The molecule has 1 heterocycles. The van der Waals surface area contributed by atoms with E-state index < -0.39 is 10.0 Å². The second kappa shape index (κ2) is 5.49. The molecule has 1 amide bonds. The van der Waals surface area contributed by atoms with Gasteiger partial charge in [-0.25, -0.2) is 13.6 Å². The fourth-order valence-electron chi connectivity index (χ4n) is 2.82. The number of nitrogens with one attached hydrogen (secondary N) is 1. The lowest BCUT2D eigenvalue weighted by Gasteiger charge is -2.18. The Morgan fingerprint density at radius 3 is 2.77 bits per heavy atom. The lowest BCUT2D eigenvalue weighted by molar-refractivity contribution is 0.0927. The van der Waals surface area contributed by atoms with Crippen LogP contribution in [-0.4, -0.2) is 14.3 Å². The highest BCUT2D eigenvalue weighted by molar-refractivity contribution is 7.91. The molecule has 116 valence electrons. The van der Waals surface area contributed by atoms with E-state index >= 15 is 0 Å². The summed E-state index contributed by atoms with van der Waals surface area (Å²) in [6, 6.07) is 9.31. The third kappa shape index (κ3) is 2.79. The normalized spacial score (nSPS) is 20.6. The Labute approximate surface area is 133 Å². The number of carbonyl (C=O) groups is 1. The predicted octanol–water partition coefficient (Wildman–Crippen LogP) is 2.06. The van der Waals surface area contributed by atoms with Crippen LogP contribution in [0.4, 0.5) is 0 Å². The Hall–Kier alpha value is -1.70. The van der Waals surface area contributed by atoms with Crippen molar-refractivity contribution in [2.24, 2.45) is 11.1 Å². The van der Waals surface area contributed by atoms with Gasteiger partial charge in [0, 0.05) is 5.38 Å². The molecule has 0 bridgehead atoms. The zero-order valence-corrected chi connectivity index (χ0v) is 13.6. The molecule has 7 heteroatoms. The van der Waals surface area contributed by atoms with Gasteiger partial charge in [0.05, 0.1) is 11.6 Å². The van der Waals surface area contributed by atoms with Crippen molar-refractivity contribution in [2.75, 3.05) is 0 Å². The van der Waals surface area contributed by atoms with E-state index in [4.69, 9.17) is 5.14 Å². The summed E-state index contributed by atoms with van der Waals surface area (Å²) in [5, 5.41) is 9.58. The highest BCUT2D eigenvalue weighted by Crippen LogP contribution is 2.35. The predicted molar refractivity (Wildman–Crippen MR) is 85.2 cm³/mol. The molecule has 3 rings (SSSR count). The Bertz CT molecular complexity index is 827. The minimum atomic E-state index is -3.76. The molecular weight excluding hydrogens is 320 g/mol. The highest BCUT2D eigenvalue weighted by Gasteiger charge is 2.30. The van der Waals surface area contributed by atoms with Crippen molar-refractivity contribution in [1.29, 1.82) is 0 Å². The second-order valence-electron chi connectivity index (χ2n) is 5.53. The average molecular weight is 336 g/mol. The van der Waals surface area contributed by atoms with Crippen LogP contribution >= 0.6 is 11.3 Å². The summed E-state index contributed by atoms with van der Waals surface area (Å²) >= 11 is 0.955. The molecule has 0 saturated carbocycles. The topological polar surface area (TPSA) is 89.3 Å². The molecule has 1 aliphatic rings. The monoisotopic (exact) mass is 336 g/mol. The molecule has 1 aromatic carbocycles. The second-order valence-corrected chi connectivity index (χ2v) is 8.23. The van der Waals surface area contributed by atoms with Gasteiger partial charge in [-0.1, -0.05) is 31.2 Å². The largest absolute Gasteiger partial charge is 0.345 e. The first-order valence-electron chi connectivity index (χ1n) is 6.86. The van der Waals surface area contributed by atoms with E-state index in [0.717, 1.165) is 23.3 Å². The molecule has 2 aromatic rings. The molecule has 1 aromatic heterocycles. The first-order chi connectivity index (χ1) is 10.4. The summed E-state index contributed by atoms with van der Waals surface area (Å²) in [5.41, 5.74) is 2.70. The van der Waals surface area contributed by atoms with Crippen LogP contribution in [0.5, 0.6) is 0 Å². The standard InChI is InChI=1S/C15H16N2O3S2/c1-9-6-10-4-2-3-5-12(10)14(9)17-15(18)11-7-13(21-8-11)22(16,19)20/h2-5,7-9,14H,6H2,1H3,(H,17,18)(H2,16,19,20)/t9-,14+/m0/s1. The van der Waals surface area contributed by atoms with Crippen molar-refractivity contribution in [2.45, 2.75) is 23.6 Å². The van der Waals surface area contributed by atoms with Crippen LogP contribution in [-0.2, 0) is 16.4 Å². The molecule has 0 unspecified atom stereocenters. The van der Waals surface area contributed by atoms with E-state index in [1.165, 1.54) is 17.0 Å². The minimum Gasteiger partial charge on any atom is -0.345 e. The van der Waals surface area contributed by atoms with Gasteiger partial charge in [-0.2, -0.15) is 0 Å². The fraction of sp³-hybridized carbons (Fsp3) is 0.267. The van der Waals surface area contributed by atoms with Crippen LogP contribution < -0.4 is 10.5 Å². The number of carbonyl (C=O) groups excluding carboxylic acids is 1. The van der Waals surface area contributed by atoms with E-state index in [2.05, 4.69) is 18.3 Å². The van der Waals surface area contributed by atoms with Crippen molar-refractivity contribution >= 4 is 27.3 Å². The van der Waals surface area contributed by atoms with Crippen LogP contribution in [0.3, 0.4) is 0 Å². The molecule has 1 aliphatic carbocycles.